The minimum Gasteiger partial charge on any atom is -0.504 e. The molecule has 0 saturated carbocycles. The number of cyclic esters (lactones) is 1. The maximum absolute atomic E-state index is 14.2. The van der Waals surface area contributed by atoms with Crippen molar-refractivity contribution in [3.8, 4) is 11.5 Å². The second-order valence-electron chi connectivity index (χ2n) is 14.0. The average molecular weight is 717 g/mol. The van der Waals surface area contributed by atoms with E-state index >= 15 is 0 Å². The fraction of sp³-hybridized carbons (Fsp3) is 0.476. The first-order valence-corrected chi connectivity index (χ1v) is 18.0. The lowest BCUT2D eigenvalue weighted by Gasteiger charge is -2.32. The number of carbonyl (C=O) groups is 4. The summed E-state index contributed by atoms with van der Waals surface area (Å²) in [6.45, 7) is 10.8. The Morgan fingerprint density at radius 1 is 1.02 bits per heavy atom. The Morgan fingerprint density at radius 2 is 1.71 bits per heavy atom. The van der Waals surface area contributed by atoms with Crippen molar-refractivity contribution in [1.29, 1.82) is 0 Å². The molecular formula is C42H56N2O8. The lowest BCUT2D eigenvalue weighted by atomic mass is 9.94. The number of esters is 1. The number of aromatic hydroxyl groups is 1. The summed E-state index contributed by atoms with van der Waals surface area (Å²) in [4.78, 5) is 56.9. The van der Waals surface area contributed by atoms with Crippen molar-refractivity contribution in [2.24, 2.45) is 17.8 Å². The second-order valence-corrected chi connectivity index (χ2v) is 14.0. The second kappa shape index (κ2) is 19.8. The molecule has 0 fully saturated rings. The van der Waals surface area contributed by atoms with Crippen LogP contribution in [0.15, 0.2) is 84.0 Å². The number of nitrogens with one attached hydrogen (secondary N) is 1. The Hall–Kier alpha value is -4.70. The summed E-state index contributed by atoms with van der Waals surface area (Å²) in [6.07, 6.45) is 9.14. The van der Waals surface area contributed by atoms with Crippen molar-refractivity contribution in [3.05, 3.63) is 95.1 Å². The molecule has 52 heavy (non-hydrogen) atoms. The van der Waals surface area contributed by atoms with Crippen molar-refractivity contribution >= 4 is 23.6 Å². The topological polar surface area (TPSA) is 131 Å². The zero-order chi connectivity index (χ0) is 38.5. The number of nitrogens with zero attached hydrogens (tertiary/aromatic N) is 1. The third kappa shape index (κ3) is 11.1. The first-order valence-electron chi connectivity index (χ1n) is 18.0. The SMILES string of the molecule is COc1cc(C[C@@H]2C(=O)N[C@@H](C(C)C)C(=O)O[C@H](c3ccccc3)[C@H](C)/C=C/C=C(\C)C(OC)CCC/C=C(\C)C(=O)C(C)C(=O)N2C)ccc1O. The van der Waals surface area contributed by atoms with Crippen molar-refractivity contribution in [2.45, 2.75) is 91.5 Å². The summed E-state index contributed by atoms with van der Waals surface area (Å²) < 4.78 is 17.3. The van der Waals surface area contributed by atoms with E-state index < -0.39 is 41.9 Å². The van der Waals surface area contributed by atoms with E-state index in [0.717, 1.165) is 24.0 Å². The van der Waals surface area contributed by atoms with Gasteiger partial charge in [-0.1, -0.05) is 81.5 Å². The molecule has 0 spiro atoms. The number of ketones is 1. The number of methoxy groups -OCH3 is 2. The van der Waals surface area contributed by atoms with Crippen LogP contribution in [0.2, 0.25) is 0 Å². The normalized spacial score (nSPS) is 27.6. The van der Waals surface area contributed by atoms with Gasteiger partial charge < -0.3 is 29.5 Å². The van der Waals surface area contributed by atoms with Gasteiger partial charge in [-0.2, -0.15) is 0 Å². The number of phenolic OH excluding ortho intramolecular Hbond substituents is 1. The number of likely N-dealkylation sites (N-methyl/N-ethyl adjacent to an activating group) is 1. The lowest BCUT2D eigenvalue weighted by molar-refractivity contribution is -0.157. The van der Waals surface area contributed by atoms with Crippen LogP contribution >= 0.6 is 0 Å². The number of phenols is 1. The Kier molecular flexibility index (Phi) is 15.9. The molecule has 1 heterocycles. The van der Waals surface area contributed by atoms with E-state index in [9.17, 15) is 24.3 Å². The highest BCUT2D eigenvalue weighted by Gasteiger charge is 2.37. The maximum atomic E-state index is 14.2. The number of amides is 2. The van der Waals surface area contributed by atoms with Crippen LogP contribution in [-0.2, 0) is 35.1 Å². The van der Waals surface area contributed by atoms with E-state index in [-0.39, 0.29) is 41.6 Å². The number of carbonyl (C=O) groups excluding carboxylic acids is 4. The highest BCUT2D eigenvalue weighted by Crippen LogP contribution is 2.30. The summed E-state index contributed by atoms with van der Waals surface area (Å²) in [6, 6.07) is 11.9. The van der Waals surface area contributed by atoms with Gasteiger partial charge in [0.05, 0.1) is 19.1 Å². The Morgan fingerprint density at radius 3 is 2.35 bits per heavy atom. The average Bonchev–Trinajstić information content (AvgIpc) is 3.13. The number of Topliss-reactive ketones (excluding diaryl/α,β-unsaturated/α-hetero) is 1. The van der Waals surface area contributed by atoms with Crippen molar-refractivity contribution in [1.82, 2.24) is 10.2 Å². The third-order valence-corrected chi connectivity index (χ3v) is 9.70. The predicted octanol–water partition coefficient (Wildman–Crippen LogP) is 6.68. The Labute approximate surface area is 308 Å². The van der Waals surface area contributed by atoms with Crippen molar-refractivity contribution < 1.29 is 38.5 Å². The van der Waals surface area contributed by atoms with Crippen LogP contribution in [0.5, 0.6) is 11.5 Å². The number of ether oxygens (including phenoxy) is 3. The quantitative estimate of drug-likeness (QED) is 0.250. The smallest absolute Gasteiger partial charge is 0.329 e. The van der Waals surface area contributed by atoms with E-state index in [1.807, 2.05) is 68.5 Å². The molecule has 2 unspecified atom stereocenters. The molecule has 1 aliphatic rings. The first kappa shape index (κ1) is 41.7. The van der Waals surface area contributed by atoms with Crippen LogP contribution in [0.25, 0.3) is 0 Å². The number of hydrogen-bond acceptors (Lipinski definition) is 8. The molecule has 2 N–H and O–H groups in total. The Balaban J connectivity index is 2.10. The van der Waals surface area contributed by atoms with Gasteiger partial charge in [0.1, 0.15) is 18.2 Å². The van der Waals surface area contributed by atoms with Crippen LogP contribution in [0.1, 0.15) is 78.0 Å². The molecule has 6 atom stereocenters. The summed E-state index contributed by atoms with van der Waals surface area (Å²) in [7, 11) is 4.57. The van der Waals surface area contributed by atoms with Gasteiger partial charge in [-0.3, -0.25) is 14.4 Å². The standard InChI is InChI=1S/C42H56N2O8/c1-26(2)37-42(49)52-39(32-19-11-10-12-20-32)29(5)18-15-17-27(3)35(50-8)21-14-13-16-28(4)38(46)30(6)41(48)44(7)33(40(47)43-37)24-31-22-23-34(45)36(25-31)51-9/h10-12,15-20,22-23,25-26,29-30,33,35,37,39,45H,13-14,21,24H2,1-9H3,(H,43,47)/b18-15+,27-17+,28-16+/t29-,30?,33-,35?,37+,39+/m1/s1. The van der Waals surface area contributed by atoms with Gasteiger partial charge in [0.15, 0.2) is 17.3 Å². The number of benzene rings is 2. The van der Waals surface area contributed by atoms with Crippen LogP contribution in [-0.4, -0.2) is 73.0 Å². The molecule has 282 valence electrons. The maximum Gasteiger partial charge on any atom is 0.329 e. The number of rotatable bonds is 6. The van der Waals surface area contributed by atoms with Gasteiger partial charge in [-0.25, -0.2) is 4.79 Å². The van der Waals surface area contributed by atoms with Gasteiger partial charge >= 0.3 is 5.97 Å². The molecule has 10 heteroatoms. The van der Waals surface area contributed by atoms with Crippen LogP contribution < -0.4 is 10.1 Å². The lowest BCUT2D eigenvalue weighted by Crippen LogP contribution is -2.55. The molecule has 0 bridgehead atoms. The van der Waals surface area contributed by atoms with Gasteiger partial charge in [-0.05, 0) is 80.4 Å². The van der Waals surface area contributed by atoms with Gasteiger partial charge in [0.2, 0.25) is 11.8 Å². The summed E-state index contributed by atoms with van der Waals surface area (Å²) in [5, 5.41) is 13.1. The molecule has 10 nitrogen and oxygen atoms in total. The summed E-state index contributed by atoms with van der Waals surface area (Å²) in [5.41, 5.74) is 2.90. The van der Waals surface area contributed by atoms with E-state index in [1.54, 1.807) is 40.0 Å². The molecule has 2 aromatic carbocycles. The van der Waals surface area contributed by atoms with E-state index in [4.69, 9.17) is 14.2 Å². The van der Waals surface area contributed by atoms with Crippen molar-refractivity contribution in [3.63, 3.8) is 0 Å². The molecule has 0 aromatic heterocycles. The largest absolute Gasteiger partial charge is 0.504 e. The monoisotopic (exact) mass is 716 g/mol. The van der Waals surface area contributed by atoms with Crippen LogP contribution in [0.3, 0.4) is 0 Å². The minimum absolute atomic E-state index is 0.0162. The minimum atomic E-state index is -1.12. The van der Waals surface area contributed by atoms with Gasteiger partial charge in [-0.15, -0.1) is 0 Å². The fourth-order valence-electron chi connectivity index (χ4n) is 6.30. The molecule has 0 saturated heterocycles. The number of allylic oxidation sites excluding steroid dienone is 4. The summed E-state index contributed by atoms with van der Waals surface area (Å²) >= 11 is 0. The van der Waals surface area contributed by atoms with E-state index in [1.165, 1.54) is 32.0 Å². The molecule has 1 aliphatic heterocycles. The predicted molar refractivity (Wildman–Crippen MR) is 202 cm³/mol. The molecule has 0 aliphatic carbocycles. The molecule has 2 amide bonds. The Bertz CT molecular complexity index is 1630. The van der Waals surface area contributed by atoms with E-state index in [0.29, 0.717) is 17.6 Å². The molecule has 2 aromatic rings. The number of hydrogen-bond donors (Lipinski definition) is 2. The molecule has 3 rings (SSSR count). The van der Waals surface area contributed by atoms with E-state index in [2.05, 4.69) is 5.32 Å². The highest BCUT2D eigenvalue weighted by atomic mass is 16.5. The third-order valence-electron chi connectivity index (χ3n) is 9.70. The zero-order valence-electron chi connectivity index (χ0n) is 32.1. The van der Waals surface area contributed by atoms with Crippen molar-refractivity contribution in [2.75, 3.05) is 21.3 Å². The van der Waals surface area contributed by atoms with Crippen LogP contribution in [0.4, 0.5) is 0 Å². The molecule has 0 radical (unpaired) electrons. The summed E-state index contributed by atoms with van der Waals surface area (Å²) in [5.74, 6) is -3.62. The van der Waals surface area contributed by atoms with Crippen LogP contribution in [0, 0.1) is 17.8 Å². The first-order chi connectivity index (χ1) is 24.7. The van der Waals surface area contributed by atoms with Gasteiger partial charge in [0, 0.05) is 26.5 Å². The van der Waals surface area contributed by atoms with Gasteiger partial charge in [0.25, 0.3) is 0 Å². The fourth-order valence-corrected chi connectivity index (χ4v) is 6.30. The molecular weight excluding hydrogens is 660 g/mol. The zero-order valence-corrected chi connectivity index (χ0v) is 32.1. The highest BCUT2D eigenvalue weighted by molar-refractivity contribution is 6.09.